The summed E-state index contributed by atoms with van der Waals surface area (Å²) in [7, 11) is 0. The monoisotopic (exact) mass is 606 g/mol. The summed E-state index contributed by atoms with van der Waals surface area (Å²) in [4.78, 5) is 22.4. The highest BCUT2D eigenvalue weighted by Crippen LogP contribution is 2.24. The molecule has 2 rings (SSSR count). The van der Waals surface area contributed by atoms with E-state index in [1.54, 1.807) is 12.1 Å². The number of benzene rings is 2. The topological polar surface area (TPSA) is 91.5 Å². The first-order valence-corrected chi connectivity index (χ1v) is 15.7. The van der Waals surface area contributed by atoms with E-state index in [1.807, 2.05) is 32.9 Å². The second-order valence-electron chi connectivity index (χ2n) is 10.8. The van der Waals surface area contributed by atoms with Crippen LogP contribution in [0.4, 0.5) is 8.78 Å². The third-order valence-electron chi connectivity index (χ3n) is 6.24. The van der Waals surface area contributed by atoms with Crippen molar-refractivity contribution >= 4 is 12.3 Å². The molecular weight excluding hydrogens is 550 g/mol. The van der Waals surface area contributed by atoms with Crippen molar-refractivity contribution in [3.05, 3.63) is 65.2 Å². The lowest BCUT2D eigenvalue weighted by atomic mass is 10.1. The highest BCUT2D eigenvalue weighted by Gasteiger charge is 2.14. The molecule has 0 fully saturated rings. The summed E-state index contributed by atoms with van der Waals surface area (Å²) < 4.78 is 32.3. The van der Waals surface area contributed by atoms with Crippen molar-refractivity contribution in [1.82, 2.24) is 21.3 Å². The van der Waals surface area contributed by atoms with Crippen LogP contribution in [0.25, 0.3) is 0 Å². The lowest BCUT2D eigenvalue weighted by Gasteiger charge is -2.22. The molecule has 0 saturated carbocycles. The molecule has 0 aromatic heterocycles. The Morgan fingerprint density at radius 1 is 1.00 bits per heavy atom. The maximum Gasteiger partial charge on any atom is 0.234 e. The number of hydrogen-bond donors (Lipinski definition) is 4. The van der Waals surface area contributed by atoms with Crippen molar-refractivity contribution in [2.24, 2.45) is 0 Å². The zero-order valence-corrected chi connectivity index (χ0v) is 27.4. The molecule has 0 radical (unpaired) electrons. The number of nitrogens with one attached hydrogen (secondary N) is 4. The van der Waals surface area contributed by atoms with Crippen LogP contribution in [0.15, 0.2) is 42.5 Å². The molecule has 2 amide bonds. The zero-order valence-electron chi connectivity index (χ0n) is 27.4. The summed E-state index contributed by atoms with van der Waals surface area (Å²) in [6.07, 6.45) is 6.14. The maximum absolute atomic E-state index is 14.3. The van der Waals surface area contributed by atoms with E-state index >= 15 is 0 Å². The molecule has 7 nitrogen and oxygen atoms in total. The number of rotatable bonds is 18. The zero-order chi connectivity index (χ0) is 32.5. The molecule has 2 unspecified atom stereocenters. The molecule has 2 aromatic rings. The number of carbonyl (C=O) groups excluding carboxylic acids is 2. The molecule has 244 valence electrons. The van der Waals surface area contributed by atoms with Crippen molar-refractivity contribution in [2.45, 2.75) is 105 Å². The number of carbonyl (C=O) groups is 2. The first kappa shape index (κ1) is 40.0. The largest absolute Gasteiger partial charge is 0.489 e. The smallest absolute Gasteiger partial charge is 0.234 e. The maximum atomic E-state index is 14.3. The lowest BCUT2D eigenvalue weighted by molar-refractivity contribution is -0.121. The number of para-hydroxylation sites is 1. The normalized spacial score (nSPS) is 12.4. The van der Waals surface area contributed by atoms with Crippen molar-refractivity contribution in [3.8, 4) is 5.75 Å². The summed E-state index contributed by atoms with van der Waals surface area (Å²) in [6, 6.07) is 11.8. The van der Waals surface area contributed by atoms with Crippen LogP contribution in [-0.4, -0.2) is 56.7 Å². The molecule has 3 atom stereocenters. The second-order valence-corrected chi connectivity index (χ2v) is 10.8. The van der Waals surface area contributed by atoms with Gasteiger partial charge in [0.2, 0.25) is 12.3 Å². The van der Waals surface area contributed by atoms with E-state index in [9.17, 15) is 18.4 Å². The second kappa shape index (κ2) is 25.5. The summed E-state index contributed by atoms with van der Waals surface area (Å²) >= 11 is 0. The highest BCUT2D eigenvalue weighted by atomic mass is 19.1. The minimum atomic E-state index is -0.380. The van der Waals surface area contributed by atoms with Gasteiger partial charge in [-0.05, 0) is 75.8 Å². The van der Waals surface area contributed by atoms with Gasteiger partial charge in [-0.1, -0.05) is 64.8 Å². The number of halogens is 2. The number of aryl methyl sites for hydroxylation is 2. The van der Waals surface area contributed by atoms with Gasteiger partial charge in [0.15, 0.2) is 11.6 Å². The van der Waals surface area contributed by atoms with Crippen LogP contribution < -0.4 is 26.0 Å². The Morgan fingerprint density at radius 2 is 1.70 bits per heavy atom. The van der Waals surface area contributed by atoms with Gasteiger partial charge >= 0.3 is 0 Å². The molecule has 0 aliphatic carbocycles. The van der Waals surface area contributed by atoms with Crippen LogP contribution in [0.1, 0.15) is 84.8 Å². The number of hydrogen-bond acceptors (Lipinski definition) is 5. The van der Waals surface area contributed by atoms with Gasteiger partial charge < -0.3 is 26.0 Å². The summed E-state index contributed by atoms with van der Waals surface area (Å²) in [5.74, 6) is -0.258. The fourth-order valence-corrected chi connectivity index (χ4v) is 4.00. The Hall–Kier alpha value is -3.04. The van der Waals surface area contributed by atoms with E-state index in [0.717, 1.165) is 30.4 Å². The molecule has 0 saturated heterocycles. The molecule has 9 heteroatoms. The van der Waals surface area contributed by atoms with Gasteiger partial charge in [0.05, 0.1) is 6.54 Å². The van der Waals surface area contributed by atoms with E-state index < -0.39 is 0 Å². The van der Waals surface area contributed by atoms with Crippen molar-refractivity contribution in [2.75, 3.05) is 26.2 Å². The van der Waals surface area contributed by atoms with Crippen molar-refractivity contribution < 1.29 is 23.1 Å². The van der Waals surface area contributed by atoms with Crippen LogP contribution >= 0.6 is 0 Å². The molecule has 43 heavy (non-hydrogen) atoms. The van der Waals surface area contributed by atoms with Gasteiger partial charge in [-0.25, -0.2) is 8.78 Å². The highest BCUT2D eigenvalue weighted by molar-refractivity contribution is 5.78. The van der Waals surface area contributed by atoms with E-state index in [-0.39, 0.29) is 48.0 Å². The average molecular weight is 607 g/mol. The fourth-order valence-electron chi connectivity index (χ4n) is 4.00. The average Bonchev–Trinajstić information content (AvgIpc) is 2.95. The van der Waals surface area contributed by atoms with E-state index in [4.69, 9.17) is 4.74 Å². The lowest BCUT2D eigenvalue weighted by Crippen LogP contribution is -2.47. The van der Waals surface area contributed by atoms with Crippen LogP contribution in [0.2, 0.25) is 0 Å². The number of ether oxygens (including phenoxy) is 1. The summed E-state index contributed by atoms with van der Waals surface area (Å²) in [5.41, 5.74) is 1.76. The third kappa shape index (κ3) is 20.5. The number of amides is 2. The first-order valence-electron chi connectivity index (χ1n) is 15.7. The van der Waals surface area contributed by atoms with Crippen LogP contribution in [0.3, 0.4) is 0 Å². The van der Waals surface area contributed by atoms with Gasteiger partial charge in [-0.2, -0.15) is 0 Å². The summed E-state index contributed by atoms with van der Waals surface area (Å²) in [5, 5.41) is 12.3. The van der Waals surface area contributed by atoms with Crippen molar-refractivity contribution in [1.29, 1.82) is 0 Å². The summed E-state index contributed by atoms with van der Waals surface area (Å²) in [6.45, 7) is 16.1. The van der Waals surface area contributed by atoms with Gasteiger partial charge in [-0.15, -0.1) is 0 Å². The minimum absolute atomic E-state index is 0.00781. The molecule has 0 heterocycles. The van der Waals surface area contributed by atoms with Gasteiger partial charge in [0.1, 0.15) is 12.4 Å². The molecule has 0 aliphatic heterocycles. The van der Waals surface area contributed by atoms with E-state index in [1.165, 1.54) is 24.6 Å². The van der Waals surface area contributed by atoms with Crippen LogP contribution in [0.5, 0.6) is 5.75 Å². The standard InChI is InChI=1S/C24H41FN4O3.C7H7F.C3H8/c1-5-9-18(3)29-23(31)15-28-21(6-2)14-27-19(4)16-32-24-20(10-7-12-22(24)25)11-8-13-26-17-30;1-6-3-2-4-7(8)5-6;1-3-2/h7,10,12,17-19,21,27-28H,5-6,8-9,11,13-16H2,1-4H3,(H,26,30)(H,29,31);2-5H,1H3;3H2,1-2H3/t18?,19-,21?;;/m0../s1. The minimum Gasteiger partial charge on any atom is -0.489 e. The van der Waals surface area contributed by atoms with E-state index in [0.29, 0.717) is 38.9 Å². The molecular formula is C34H56F2N4O3. The Morgan fingerprint density at radius 3 is 2.28 bits per heavy atom. The predicted molar refractivity (Wildman–Crippen MR) is 173 cm³/mol. The molecule has 4 N–H and O–H groups in total. The Labute approximate surface area is 258 Å². The van der Waals surface area contributed by atoms with E-state index in [2.05, 4.69) is 49.0 Å². The molecule has 2 aromatic carbocycles. The molecule has 0 aliphatic rings. The SMILES string of the molecule is CCC.CCCC(C)NC(=O)CNC(CC)CN[C@@H](C)COc1c(F)cccc1CCCNC=O.Cc1cccc(F)c1. The Kier molecular flexibility index (Phi) is 23.7. The van der Waals surface area contributed by atoms with Gasteiger partial charge in [-0.3, -0.25) is 9.59 Å². The van der Waals surface area contributed by atoms with Gasteiger partial charge in [0.25, 0.3) is 0 Å². The third-order valence-corrected chi connectivity index (χ3v) is 6.24. The van der Waals surface area contributed by atoms with Crippen LogP contribution in [-0.2, 0) is 16.0 Å². The first-order chi connectivity index (χ1) is 20.6. The fraction of sp³-hybridized carbons (Fsp3) is 0.588. The van der Waals surface area contributed by atoms with Crippen LogP contribution in [0, 0.1) is 18.6 Å². The van der Waals surface area contributed by atoms with Crippen molar-refractivity contribution in [3.63, 3.8) is 0 Å². The van der Waals surface area contributed by atoms with Gasteiger partial charge in [0, 0.05) is 31.2 Å². The molecule has 0 bridgehead atoms. The molecule has 0 spiro atoms. The quantitative estimate of drug-likeness (QED) is 0.122. The predicted octanol–water partition coefficient (Wildman–Crippen LogP) is 6.08. The Balaban J connectivity index is 0.00000134. The Bertz CT molecular complexity index is 992.